The van der Waals surface area contributed by atoms with Crippen molar-refractivity contribution >= 4 is 5.96 Å². The Morgan fingerprint density at radius 3 is 2.71 bits per heavy atom. The maximum absolute atomic E-state index is 4.73. The first-order valence-corrected chi connectivity index (χ1v) is 9.02. The van der Waals surface area contributed by atoms with Crippen molar-refractivity contribution in [3.05, 3.63) is 41.4 Å². The number of allylic oxidation sites excluding steroid dienone is 1. The molecule has 0 aromatic carbocycles. The summed E-state index contributed by atoms with van der Waals surface area (Å²) >= 11 is 0. The third-order valence-corrected chi connectivity index (χ3v) is 5.51. The molecule has 0 spiro atoms. The minimum absolute atomic E-state index is 0.196. The third-order valence-electron chi connectivity index (χ3n) is 5.51. The Morgan fingerprint density at radius 1 is 1.25 bits per heavy atom. The number of likely N-dealkylation sites (N-methyl/N-ethyl adjacent to an activating group) is 1. The highest BCUT2D eigenvalue weighted by Crippen LogP contribution is 2.37. The standard InChI is InChI=1S/C19H29N5/c1-14-15(2)23-18(22-13-17-11-7-8-12-21-17)24-19(14,20-3)16-9-5-4-6-10-16/h7-8,11-12,16,20H,4-6,9-10,13H2,1-3H3,(H2,22,23,24). The van der Waals surface area contributed by atoms with Crippen LogP contribution in [0.3, 0.4) is 0 Å². The van der Waals surface area contributed by atoms with E-state index in [1.807, 2.05) is 24.4 Å². The topological polar surface area (TPSA) is 61.3 Å². The molecule has 1 saturated carbocycles. The molecule has 0 bridgehead atoms. The molecule has 0 saturated heterocycles. The molecular formula is C19H29N5. The third kappa shape index (κ3) is 3.31. The molecule has 130 valence electrons. The molecule has 0 radical (unpaired) electrons. The van der Waals surface area contributed by atoms with E-state index in [-0.39, 0.29) is 5.66 Å². The van der Waals surface area contributed by atoms with Crippen LogP contribution in [0.4, 0.5) is 0 Å². The summed E-state index contributed by atoms with van der Waals surface area (Å²) in [5.74, 6) is 1.43. The Morgan fingerprint density at radius 2 is 2.04 bits per heavy atom. The quantitative estimate of drug-likeness (QED) is 0.796. The molecule has 2 aliphatic rings. The molecule has 1 aromatic rings. The number of nitrogens with zero attached hydrogens (tertiary/aromatic N) is 2. The molecule has 3 rings (SSSR count). The molecule has 5 nitrogen and oxygen atoms in total. The van der Waals surface area contributed by atoms with Crippen LogP contribution in [0.1, 0.15) is 51.6 Å². The molecule has 5 heteroatoms. The number of rotatable bonds is 4. The van der Waals surface area contributed by atoms with Gasteiger partial charge in [-0.25, -0.2) is 4.99 Å². The van der Waals surface area contributed by atoms with Crippen LogP contribution in [0.2, 0.25) is 0 Å². The lowest BCUT2D eigenvalue weighted by atomic mass is 9.75. The normalized spacial score (nSPS) is 27.0. The molecule has 3 N–H and O–H groups in total. The summed E-state index contributed by atoms with van der Waals surface area (Å²) in [4.78, 5) is 9.09. The fourth-order valence-corrected chi connectivity index (χ4v) is 4.01. The van der Waals surface area contributed by atoms with Gasteiger partial charge in [-0.1, -0.05) is 25.3 Å². The molecule has 1 aromatic heterocycles. The average molecular weight is 327 g/mol. The number of hydrogen-bond donors (Lipinski definition) is 3. The zero-order valence-electron chi connectivity index (χ0n) is 15.0. The van der Waals surface area contributed by atoms with Crippen molar-refractivity contribution in [2.75, 3.05) is 7.05 Å². The maximum atomic E-state index is 4.73. The summed E-state index contributed by atoms with van der Waals surface area (Å²) in [6.45, 7) is 4.93. The van der Waals surface area contributed by atoms with Gasteiger partial charge in [0.05, 0.1) is 12.2 Å². The van der Waals surface area contributed by atoms with Gasteiger partial charge in [0.1, 0.15) is 5.66 Å². The molecule has 1 aliphatic heterocycles. The maximum Gasteiger partial charge on any atom is 0.197 e. The fourth-order valence-electron chi connectivity index (χ4n) is 4.01. The first kappa shape index (κ1) is 17.0. The first-order chi connectivity index (χ1) is 11.7. The van der Waals surface area contributed by atoms with Crippen molar-refractivity contribution in [1.29, 1.82) is 0 Å². The van der Waals surface area contributed by atoms with Gasteiger partial charge in [-0.05, 0) is 57.4 Å². The van der Waals surface area contributed by atoms with Crippen LogP contribution in [-0.4, -0.2) is 23.7 Å². The molecule has 1 unspecified atom stereocenters. The minimum atomic E-state index is -0.196. The highest BCUT2D eigenvalue weighted by molar-refractivity contribution is 5.84. The van der Waals surface area contributed by atoms with Gasteiger partial charge in [-0.15, -0.1) is 0 Å². The van der Waals surface area contributed by atoms with E-state index < -0.39 is 0 Å². The molecule has 24 heavy (non-hydrogen) atoms. The summed E-state index contributed by atoms with van der Waals surface area (Å²) < 4.78 is 0. The van der Waals surface area contributed by atoms with Crippen LogP contribution in [0, 0.1) is 5.92 Å². The lowest BCUT2D eigenvalue weighted by Gasteiger charge is -2.48. The average Bonchev–Trinajstić information content (AvgIpc) is 2.64. The largest absolute Gasteiger partial charge is 0.334 e. The number of aromatic nitrogens is 1. The van der Waals surface area contributed by atoms with Gasteiger partial charge in [0.2, 0.25) is 0 Å². The Hall–Kier alpha value is -1.88. The highest BCUT2D eigenvalue weighted by atomic mass is 15.3. The van der Waals surface area contributed by atoms with Crippen LogP contribution >= 0.6 is 0 Å². The summed E-state index contributed by atoms with van der Waals surface area (Å²) in [5.41, 5.74) is 3.31. The Bertz CT molecular complexity index is 616. The fraction of sp³-hybridized carbons (Fsp3) is 0.579. The number of hydrogen-bond acceptors (Lipinski definition) is 3. The number of pyridine rings is 1. The monoisotopic (exact) mass is 327 g/mol. The lowest BCUT2D eigenvalue weighted by molar-refractivity contribution is 0.180. The van der Waals surface area contributed by atoms with Crippen molar-refractivity contribution in [1.82, 2.24) is 20.9 Å². The van der Waals surface area contributed by atoms with Gasteiger partial charge in [0.25, 0.3) is 0 Å². The Labute approximate surface area is 145 Å². The van der Waals surface area contributed by atoms with Crippen LogP contribution in [-0.2, 0) is 6.54 Å². The second kappa shape index (κ2) is 7.34. The smallest absolute Gasteiger partial charge is 0.197 e. The predicted octanol–water partition coefficient (Wildman–Crippen LogP) is 2.92. The van der Waals surface area contributed by atoms with E-state index >= 15 is 0 Å². The summed E-state index contributed by atoms with van der Waals surface area (Å²) in [6.07, 6.45) is 8.31. The van der Waals surface area contributed by atoms with Crippen molar-refractivity contribution in [3.8, 4) is 0 Å². The van der Waals surface area contributed by atoms with Crippen LogP contribution in [0.5, 0.6) is 0 Å². The molecule has 0 amide bonds. The van der Waals surface area contributed by atoms with E-state index in [9.17, 15) is 0 Å². The first-order valence-electron chi connectivity index (χ1n) is 9.02. The van der Waals surface area contributed by atoms with Crippen LogP contribution < -0.4 is 16.0 Å². The van der Waals surface area contributed by atoms with E-state index in [4.69, 9.17) is 4.99 Å². The van der Waals surface area contributed by atoms with E-state index in [2.05, 4.69) is 41.8 Å². The van der Waals surface area contributed by atoms with Gasteiger partial charge in [0.15, 0.2) is 5.96 Å². The predicted molar refractivity (Wildman–Crippen MR) is 98.4 cm³/mol. The summed E-state index contributed by atoms with van der Waals surface area (Å²) in [5, 5.41) is 10.7. The second-order valence-electron chi connectivity index (χ2n) is 6.88. The van der Waals surface area contributed by atoms with Crippen molar-refractivity contribution in [3.63, 3.8) is 0 Å². The van der Waals surface area contributed by atoms with E-state index in [1.165, 1.54) is 43.4 Å². The van der Waals surface area contributed by atoms with Gasteiger partial charge in [-0.2, -0.15) is 0 Å². The van der Waals surface area contributed by atoms with Crippen LogP contribution in [0.25, 0.3) is 0 Å². The van der Waals surface area contributed by atoms with Crippen molar-refractivity contribution < 1.29 is 0 Å². The zero-order valence-corrected chi connectivity index (χ0v) is 15.0. The number of aliphatic imine (C=N–C) groups is 1. The second-order valence-corrected chi connectivity index (χ2v) is 6.88. The highest BCUT2D eigenvalue weighted by Gasteiger charge is 2.43. The van der Waals surface area contributed by atoms with E-state index in [1.54, 1.807) is 0 Å². The molecule has 1 atom stereocenters. The molecule has 1 fully saturated rings. The van der Waals surface area contributed by atoms with Gasteiger partial charge < -0.3 is 10.6 Å². The van der Waals surface area contributed by atoms with Crippen molar-refractivity contribution in [2.45, 2.75) is 58.2 Å². The number of guanidine groups is 1. The Balaban J connectivity index is 1.84. The van der Waals surface area contributed by atoms with Gasteiger partial charge >= 0.3 is 0 Å². The van der Waals surface area contributed by atoms with Crippen LogP contribution in [0.15, 0.2) is 40.7 Å². The van der Waals surface area contributed by atoms with E-state index in [0.717, 1.165) is 11.7 Å². The zero-order chi connectivity index (χ0) is 17.0. The van der Waals surface area contributed by atoms with Gasteiger partial charge in [-0.3, -0.25) is 10.3 Å². The minimum Gasteiger partial charge on any atom is -0.334 e. The lowest BCUT2D eigenvalue weighted by Crippen LogP contribution is -2.68. The SMILES string of the molecule is CNC1(C2CCCCC2)NC(=NCc2ccccn2)NC(C)=C1C. The van der Waals surface area contributed by atoms with Gasteiger partial charge in [0, 0.05) is 11.9 Å². The Kier molecular flexibility index (Phi) is 5.19. The molecular weight excluding hydrogens is 298 g/mol. The number of nitrogens with one attached hydrogen (secondary N) is 3. The summed E-state index contributed by atoms with van der Waals surface area (Å²) in [6, 6.07) is 5.94. The molecule has 1 aliphatic carbocycles. The summed E-state index contributed by atoms with van der Waals surface area (Å²) in [7, 11) is 2.06. The molecule has 2 heterocycles. The van der Waals surface area contributed by atoms with Crippen molar-refractivity contribution in [2.24, 2.45) is 10.9 Å². The van der Waals surface area contributed by atoms with E-state index in [0.29, 0.717) is 12.5 Å².